The zero-order chi connectivity index (χ0) is 31.6. The molecule has 0 amide bonds. The number of aldehydes is 1. The molecule has 0 unspecified atom stereocenters. The van der Waals surface area contributed by atoms with Gasteiger partial charge in [-0.1, -0.05) is 19.6 Å². The van der Waals surface area contributed by atoms with Gasteiger partial charge in [-0.3, -0.25) is 19.2 Å². The summed E-state index contributed by atoms with van der Waals surface area (Å²) in [6.45, 7) is 11.7. The Morgan fingerprint density at radius 3 is 2.34 bits per heavy atom. The first-order valence-electron chi connectivity index (χ1n) is 14.5. The third-order valence-electron chi connectivity index (χ3n) is 9.43. The molecular weight excluding hydrogens is 560 g/mol. The van der Waals surface area contributed by atoms with Gasteiger partial charge in [0.15, 0.2) is 12.1 Å². The van der Waals surface area contributed by atoms with Crippen LogP contribution in [-0.2, 0) is 14.3 Å². The van der Waals surface area contributed by atoms with Crippen LogP contribution in [0.1, 0.15) is 85.5 Å². The highest BCUT2D eigenvalue weighted by atomic mass is 16.5. The van der Waals surface area contributed by atoms with Crippen LogP contribution in [0.25, 0.3) is 29.9 Å². The third-order valence-corrected chi connectivity index (χ3v) is 9.43. The van der Waals surface area contributed by atoms with E-state index in [1.165, 1.54) is 7.11 Å². The number of Topliss-reactive ketones (excluding diaryl/α,β-unsaturated/α-hetero) is 1. The lowest BCUT2D eigenvalue weighted by Crippen LogP contribution is -2.25. The molecule has 3 aliphatic rings. The molecule has 44 heavy (non-hydrogen) atoms. The maximum absolute atomic E-state index is 14.0. The molecule has 3 atom stereocenters. The Balaban J connectivity index is 1.74. The van der Waals surface area contributed by atoms with E-state index in [4.69, 9.17) is 4.74 Å². The van der Waals surface area contributed by atoms with E-state index in [2.05, 4.69) is 26.8 Å². The molecule has 8 bridgehead atoms. The SMILES string of the molecule is C=Cc1c2[nH]c(c1C)/C=C1\N/C(=C3\c4[nH]c(c(C)c4C(=O)[C@@H]3C(=O)OC)/C=c3\[nH]/c(c(C=O)c3C)=C\2)[C@@H](CCC(=O)O)[C@@H]1C. The molecule has 6 rings (SSSR count). The van der Waals surface area contributed by atoms with Crippen molar-refractivity contribution in [3.8, 4) is 0 Å². The maximum atomic E-state index is 14.0. The van der Waals surface area contributed by atoms with Crippen molar-refractivity contribution in [3.05, 3.63) is 84.8 Å². The first kappa shape index (κ1) is 29.0. The molecule has 1 aliphatic carbocycles. The largest absolute Gasteiger partial charge is 0.481 e. The summed E-state index contributed by atoms with van der Waals surface area (Å²) >= 11 is 0. The van der Waals surface area contributed by atoms with E-state index in [-0.39, 0.29) is 24.0 Å². The fraction of sp³-hybridized carbons (Fsp3) is 0.294. The summed E-state index contributed by atoms with van der Waals surface area (Å²) in [7, 11) is 1.25. The van der Waals surface area contributed by atoms with Gasteiger partial charge in [0.2, 0.25) is 0 Å². The van der Waals surface area contributed by atoms with Crippen molar-refractivity contribution in [2.45, 2.75) is 40.5 Å². The van der Waals surface area contributed by atoms with Crippen molar-refractivity contribution >= 4 is 53.9 Å². The van der Waals surface area contributed by atoms with Crippen LogP contribution in [0.4, 0.5) is 0 Å². The van der Waals surface area contributed by atoms with Gasteiger partial charge in [0.25, 0.3) is 0 Å². The molecule has 0 radical (unpaired) electrons. The Morgan fingerprint density at radius 1 is 0.977 bits per heavy atom. The smallest absolute Gasteiger partial charge is 0.321 e. The number of H-pyrrole nitrogens is 3. The van der Waals surface area contributed by atoms with Gasteiger partial charge in [-0.25, -0.2) is 0 Å². The summed E-state index contributed by atoms with van der Waals surface area (Å²) in [5.74, 6) is -3.66. The van der Waals surface area contributed by atoms with Crippen LogP contribution in [0.2, 0.25) is 0 Å². The average molecular weight is 595 g/mol. The predicted octanol–water partition coefficient (Wildman–Crippen LogP) is 3.48. The quantitative estimate of drug-likeness (QED) is 0.166. The molecule has 10 nitrogen and oxygen atoms in total. The first-order valence-corrected chi connectivity index (χ1v) is 14.5. The number of fused-ring (bicyclic) bond motifs is 7. The van der Waals surface area contributed by atoms with E-state index in [0.717, 1.165) is 40.1 Å². The van der Waals surface area contributed by atoms with E-state index in [1.54, 1.807) is 6.08 Å². The molecule has 3 aromatic rings. The van der Waals surface area contributed by atoms with Crippen LogP contribution in [0.15, 0.2) is 18.0 Å². The summed E-state index contributed by atoms with van der Waals surface area (Å²) in [6.07, 6.45) is 8.54. The first-order chi connectivity index (χ1) is 21.0. The average Bonchev–Trinajstić information content (AvgIpc) is 3.72. The second-order valence-electron chi connectivity index (χ2n) is 11.7. The lowest BCUT2D eigenvalue weighted by Gasteiger charge is -2.19. The molecule has 0 spiro atoms. The number of carboxylic acids is 1. The monoisotopic (exact) mass is 594 g/mol. The Bertz CT molecular complexity index is 2000. The van der Waals surface area contributed by atoms with Crippen LogP contribution in [-0.4, -0.2) is 51.2 Å². The molecule has 1 fully saturated rings. The van der Waals surface area contributed by atoms with Crippen LogP contribution in [0.3, 0.4) is 0 Å². The number of aromatic nitrogens is 3. The van der Waals surface area contributed by atoms with E-state index in [0.29, 0.717) is 56.5 Å². The van der Waals surface area contributed by atoms with Gasteiger partial charge >= 0.3 is 11.9 Å². The Morgan fingerprint density at radius 2 is 1.68 bits per heavy atom. The molecule has 1 saturated heterocycles. The molecular formula is C34H34N4O6. The van der Waals surface area contributed by atoms with Gasteiger partial charge in [-0.05, 0) is 62.1 Å². The highest BCUT2D eigenvalue weighted by Crippen LogP contribution is 2.48. The van der Waals surface area contributed by atoms with Gasteiger partial charge < -0.3 is 30.1 Å². The number of esters is 1. The third kappa shape index (κ3) is 4.24. The van der Waals surface area contributed by atoms with Gasteiger partial charge in [0, 0.05) is 74.3 Å². The van der Waals surface area contributed by atoms with E-state index in [9.17, 15) is 24.3 Å². The van der Waals surface area contributed by atoms with Crippen LogP contribution in [0, 0.1) is 38.5 Å². The zero-order valence-electron chi connectivity index (χ0n) is 25.2. The van der Waals surface area contributed by atoms with Crippen LogP contribution < -0.4 is 16.0 Å². The predicted molar refractivity (Wildman–Crippen MR) is 166 cm³/mol. The number of methoxy groups -OCH3 is 1. The van der Waals surface area contributed by atoms with Crippen molar-refractivity contribution in [1.29, 1.82) is 0 Å². The highest BCUT2D eigenvalue weighted by molar-refractivity contribution is 6.24. The maximum Gasteiger partial charge on any atom is 0.321 e. The lowest BCUT2D eigenvalue weighted by atomic mass is 9.85. The van der Waals surface area contributed by atoms with Gasteiger partial charge in [-0.2, -0.15) is 0 Å². The van der Waals surface area contributed by atoms with Gasteiger partial charge in [0.05, 0.1) is 18.2 Å². The summed E-state index contributed by atoms with van der Waals surface area (Å²) in [5, 5.41) is 14.4. The van der Waals surface area contributed by atoms with E-state index >= 15 is 0 Å². The number of rotatable bonds is 6. The summed E-state index contributed by atoms with van der Waals surface area (Å²) in [5.41, 5.74) is 8.80. The summed E-state index contributed by atoms with van der Waals surface area (Å²) in [6, 6.07) is 0. The molecule has 0 aromatic carbocycles. The minimum Gasteiger partial charge on any atom is -0.481 e. The molecule has 5 heterocycles. The standard InChI is InChI=1S/C34H34N4O6/c1-7-18-14(2)21-10-23-15(3)19(8-9-27(40)41)31(37-23)29-30(34(43)44-6)33(42)28-17(5)24(38-32(28)29)11-22-16(4)20(13-39)26(36-22)12-25(18)35-21/h7,10-13,15,19,30,35-38H,1,8-9H2,2-6H3,(H,40,41)/b22-11-,23-10-,26-12-,31-29-/t15-,19-,30+/m0/s1. The fourth-order valence-electron chi connectivity index (χ4n) is 6.94. The Kier molecular flexibility index (Phi) is 6.95. The van der Waals surface area contributed by atoms with E-state index in [1.807, 2.05) is 45.9 Å². The van der Waals surface area contributed by atoms with Crippen molar-refractivity contribution < 1.29 is 29.0 Å². The van der Waals surface area contributed by atoms with Gasteiger partial charge in [-0.15, -0.1) is 0 Å². The summed E-state index contributed by atoms with van der Waals surface area (Å²) in [4.78, 5) is 61.3. The second-order valence-corrected chi connectivity index (χ2v) is 11.7. The number of ketones is 1. The number of allylic oxidation sites excluding steroid dienone is 2. The van der Waals surface area contributed by atoms with E-state index < -0.39 is 17.9 Å². The molecule has 0 saturated carbocycles. The zero-order valence-corrected chi connectivity index (χ0v) is 25.2. The molecule has 3 aromatic heterocycles. The van der Waals surface area contributed by atoms with Gasteiger partial charge in [0.1, 0.15) is 5.92 Å². The second kappa shape index (κ2) is 10.6. The molecule has 226 valence electrons. The number of aromatic amines is 3. The van der Waals surface area contributed by atoms with Crippen molar-refractivity contribution in [1.82, 2.24) is 20.3 Å². The number of carbonyl (C=O) groups excluding carboxylic acids is 3. The Labute approximate surface area is 253 Å². The fourth-order valence-corrected chi connectivity index (χ4v) is 6.94. The molecule has 5 N–H and O–H groups in total. The molecule has 2 aliphatic heterocycles. The van der Waals surface area contributed by atoms with Crippen molar-refractivity contribution in [2.24, 2.45) is 17.8 Å². The number of carbonyl (C=O) groups is 4. The number of hydrogen-bond acceptors (Lipinski definition) is 6. The number of aliphatic carboxylic acids is 1. The van der Waals surface area contributed by atoms with Crippen molar-refractivity contribution in [2.75, 3.05) is 7.11 Å². The minimum absolute atomic E-state index is 0.0816. The number of carboxylic acid groups (broad SMARTS) is 1. The van der Waals surface area contributed by atoms with Crippen molar-refractivity contribution in [3.63, 3.8) is 0 Å². The Hall–Kier alpha value is -5.12. The van der Waals surface area contributed by atoms with Crippen LogP contribution >= 0.6 is 0 Å². The molecule has 10 heteroatoms. The lowest BCUT2D eigenvalue weighted by molar-refractivity contribution is -0.142. The van der Waals surface area contributed by atoms with Crippen LogP contribution in [0.5, 0.6) is 0 Å². The highest BCUT2D eigenvalue weighted by Gasteiger charge is 2.48. The number of ether oxygens (including phenoxy) is 1. The summed E-state index contributed by atoms with van der Waals surface area (Å²) < 4.78 is 5.12. The minimum atomic E-state index is -1.20. The topological polar surface area (TPSA) is 157 Å². The number of nitrogens with one attached hydrogen (secondary N) is 4. The normalized spacial score (nSPS) is 24.4. The number of hydrogen-bond donors (Lipinski definition) is 5.